The normalized spacial score (nSPS) is 14.1. The molecule has 0 spiro atoms. The summed E-state index contributed by atoms with van der Waals surface area (Å²) in [6.07, 6.45) is 50.4. The SMILES string of the molecule is CCCCCCCCCCCCCCCCCCCCCCCC(=O)O[C@H](COC(=O)CCCCCCCCCCCCC(C)C)COP(=O)(O)OC[C@@H](O)COP(=O)(O)OC[C@@H](COC(=O)CCCCCCCCCC)OC(=O)CCCCCCCCC(C)C. The molecule has 0 saturated carbocycles. The maximum Gasteiger partial charge on any atom is 0.472 e. The van der Waals surface area contributed by atoms with Gasteiger partial charge in [0.1, 0.15) is 19.3 Å². The molecular weight excluding hydrogens is 1200 g/mol. The predicted molar refractivity (Wildman–Crippen MR) is 368 cm³/mol. The van der Waals surface area contributed by atoms with E-state index in [0.717, 1.165) is 102 Å². The third-order valence-corrected chi connectivity index (χ3v) is 18.6. The smallest absolute Gasteiger partial charge is 0.462 e. The summed E-state index contributed by atoms with van der Waals surface area (Å²) in [6.45, 7) is 9.43. The van der Waals surface area contributed by atoms with Gasteiger partial charge in [-0.15, -0.1) is 0 Å². The molecule has 0 bridgehead atoms. The van der Waals surface area contributed by atoms with E-state index in [2.05, 4.69) is 41.5 Å². The Kier molecular flexibility index (Phi) is 62.7. The fourth-order valence-corrected chi connectivity index (χ4v) is 12.5. The minimum absolute atomic E-state index is 0.102. The van der Waals surface area contributed by atoms with E-state index in [-0.39, 0.29) is 25.7 Å². The van der Waals surface area contributed by atoms with E-state index in [1.807, 2.05) is 0 Å². The molecule has 91 heavy (non-hydrogen) atoms. The molecule has 0 aromatic carbocycles. The highest BCUT2D eigenvalue weighted by atomic mass is 31.2. The molecule has 0 rings (SSSR count). The third kappa shape index (κ3) is 66.5. The van der Waals surface area contributed by atoms with Gasteiger partial charge in [0.15, 0.2) is 12.2 Å². The summed E-state index contributed by atoms with van der Waals surface area (Å²) in [5.41, 5.74) is 0. The van der Waals surface area contributed by atoms with Crippen LogP contribution in [0, 0.1) is 11.8 Å². The van der Waals surface area contributed by atoms with E-state index in [4.69, 9.17) is 37.0 Å². The summed E-state index contributed by atoms with van der Waals surface area (Å²) in [5, 5.41) is 10.6. The Labute approximate surface area is 556 Å². The van der Waals surface area contributed by atoms with Crippen LogP contribution in [0.3, 0.4) is 0 Å². The van der Waals surface area contributed by atoms with Gasteiger partial charge in [0, 0.05) is 25.7 Å². The fraction of sp³-hybridized carbons (Fsp3) is 0.944. The van der Waals surface area contributed by atoms with Crippen molar-refractivity contribution in [1.82, 2.24) is 0 Å². The summed E-state index contributed by atoms with van der Waals surface area (Å²) in [4.78, 5) is 72.4. The molecule has 5 atom stereocenters. The first-order chi connectivity index (χ1) is 43.9. The van der Waals surface area contributed by atoms with Crippen LogP contribution in [0.5, 0.6) is 0 Å². The standard InChI is InChI=1S/C72H140O17P2/c1-7-9-11-13-15-17-18-19-20-21-22-23-24-25-26-27-28-33-37-44-50-56-71(76)88-67(60-83-70(75)55-49-43-36-32-30-29-31-34-40-46-52-64(3)4)62-86-90(78,79)84-58-66(73)59-85-91(80,81)87-63-68(61-82-69(74)54-48-42-35-16-14-12-10-8-2)89-72(77)57-51-45-39-38-41-47-53-65(5)6/h64-68,73H,7-63H2,1-6H3,(H,78,79)(H,80,81)/t66-,67-,68-/m1/s1. The van der Waals surface area contributed by atoms with Gasteiger partial charge in [0.25, 0.3) is 0 Å². The lowest BCUT2D eigenvalue weighted by Crippen LogP contribution is -2.30. The average molecular weight is 1340 g/mol. The molecule has 0 aliphatic heterocycles. The minimum atomic E-state index is -4.95. The molecule has 2 unspecified atom stereocenters. The first-order valence-electron chi connectivity index (χ1n) is 37.5. The van der Waals surface area contributed by atoms with Gasteiger partial charge in [-0.25, -0.2) is 9.13 Å². The molecule has 0 aliphatic carbocycles. The number of phosphoric ester groups is 2. The van der Waals surface area contributed by atoms with Gasteiger partial charge in [0.2, 0.25) is 0 Å². The highest BCUT2D eigenvalue weighted by Crippen LogP contribution is 2.45. The Balaban J connectivity index is 5.15. The van der Waals surface area contributed by atoms with Crippen molar-refractivity contribution in [1.29, 1.82) is 0 Å². The lowest BCUT2D eigenvalue weighted by molar-refractivity contribution is -0.161. The van der Waals surface area contributed by atoms with E-state index in [1.165, 1.54) is 180 Å². The average Bonchev–Trinajstić information content (AvgIpc) is 3.24. The predicted octanol–water partition coefficient (Wildman–Crippen LogP) is 20.8. The Morgan fingerprint density at radius 3 is 0.747 bits per heavy atom. The van der Waals surface area contributed by atoms with E-state index >= 15 is 0 Å². The van der Waals surface area contributed by atoms with Crippen molar-refractivity contribution in [3.05, 3.63) is 0 Å². The number of unbranched alkanes of at least 4 members (excludes halogenated alkanes) is 41. The summed E-state index contributed by atoms with van der Waals surface area (Å²) in [5.74, 6) is -0.702. The van der Waals surface area contributed by atoms with Crippen LogP contribution in [0.25, 0.3) is 0 Å². The number of aliphatic hydroxyl groups is 1. The van der Waals surface area contributed by atoms with Crippen molar-refractivity contribution in [3.8, 4) is 0 Å². The van der Waals surface area contributed by atoms with Crippen LogP contribution in [0.1, 0.15) is 369 Å². The second-order valence-electron chi connectivity index (χ2n) is 26.9. The zero-order valence-electron chi connectivity index (χ0n) is 59.1. The fourth-order valence-electron chi connectivity index (χ4n) is 10.9. The van der Waals surface area contributed by atoms with Crippen LogP contribution in [0.4, 0.5) is 0 Å². The summed E-state index contributed by atoms with van der Waals surface area (Å²) >= 11 is 0. The Morgan fingerprint density at radius 1 is 0.297 bits per heavy atom. The number of carbonyl (C=O) groups excluding carboxylic acids is 4. The van der Waals surface area contributed by atoms with Crippen LogP contribution >= 0.6 is 15.6 Å². The van der Waals surface area contributed by atoms with Crippen molar-refractivity contribution < 1.29 is 80.2 Å². The molecule has 0 fully saturated rings. The molecule has 0 radical (unpaired) electrons. The van der Waals surface area contributed by atoms with Crippen molar-refractivity contribution in [2.45, 2.75) is 387 Å². The monoisotopic (exact) mass is 1340 g/mol. The van der Waals surface area contributed by atoms with E-state index in [1.54, 1.807) is 0 Å². The number of hydrogen-bond acceptors (Lipinski definition) is 15. The number of phosphoric acid groups is 2. The highest BCUT2D eigenvalue weighted by molar-refractivity contribution is 7.47. The van der Waals surface area contributed by atoms with Crippen LogP contribution in [0.2, 0.25) is 0 Å². The molecule has 0 aliphatic rings. The molecule has 19 heteroatoms. The number of carbonyl (C=O) groups is 4. The zero-order chi connectivity index (χ0) is 67.2. The van der Waals surface area contributed by atoms with E-state index < -0.39 is 97.5 Å². The second kappa shape index (κ2) is 64.1. The summed E-state index contributed by atoms with van der Waals surface area (Å²) in [7, 11) is -9.90. The number of esters is 4. The van der Waals surface area contributed by atoms with Crippen LogP contribution in [0.15, 0.2) is 0 Å². The van der Waals surface area contributed by atoms with Gasteiger partial charge in [-0.2, -0.15) is 0 Å². The van der Waals surface area contributed by atoms with Crippen LogP contribution < -0.4 is 0 Å². The largest absolute Gasteiger partial charge is 0.472 e. The minimum Gasteiger partial charge on any atom is -0.462 e. The van der Waals surface area contributed by atoms with Gasteiger partial charge in [-0.05, 0) is 37.5 Å². The third-order valence-electron chi connectivity index (χ3n) is 16.7. The van der Waals surface area contributed by atoms with E-state index in [9.17, 15) is 43.2 Å². The Morgan fingerprint density at radius 2 is 0.505 bits per heavy atom. The first-order valence-corrected chi connectivity index (χ1v) is 40.5. The topological polar surface area (TPSA) is 237 Å². The molecule has 540 valence electrons. The number of aliphatic hydroxyl groups excluding tert-OH is 1. The zero-order valence-corrected chi connectivity index (χ0v) is 60.9. The maximum atomic E-state index is 13.0. The quantitative estimate of drug-likeness (QED) is 0.0222. The van der Waals surface area contributed by atoms with Crippen molar-refractivity contribution in [2.75, 3.05) is 39.6 Å². The van der Waals surface area contributed by atoms with Crippen molar-refractivity contribution in [3.63, 3.8) is 0 Å². The van der Waals surface area contributed by atoms with Gasteiger partial charge in [0.05, 0.1) is 26.4 Å². The highest BCUT2D eigenvalue weighted by Gasteiger charge is 2.30. The van der Waals surface area contributed by atoms with Crippen LogP contribution in [-0.4, -0.2) is 96.7 Å². The number of hydrogen-bond donors (Lipinski definition) is 3. The van der Waals surface area contributed by atoms with Gasteiger partial charge in [-0.3, -0.25) is 37.3 Å². The van der Waals surface area contributed by atoms with Gasteiger partial charge >= 0.3 is 39.5 Å². The molecule has 0 amide bonds. The lowest BCUT2D eigenvalue weighted by Gasteiger charge is -2.21. The molecule has 0 aromatic heterocycles. The van der Waals surface area contributed by atoms with Crippen LogP contribution in [-0.2, 0) is 65.4 Å². The summed E-state index contributed by atoms with van der Waals surface area (Å²) in [6, 6.07) is 0. The van der Waals surface area contributed by atoms with Gasteiger partial charge in [-0.1, -0.05) is 318 Å². The van der Waals surface area contributed by atoms with Crippen molar-refractivity contribution >= 4 is 39.5 Å². The first kappa shape index (κ1) is 89.1. The van der Waals surface area contributed by atoms with Gasteiger partial charge < -0.3 is 33.8 Å². The molecule has 3 N–H and O–H groups in total. The maximum absolute atomic E-state index is 13.0. The molecule has 0 aromatic rings. The Hall–Kier alpha value is -1.94. The molecule has 17 nitrogen and oxygen atoms in total. The second-order valence-corrected chi connectivity index (χ2v) is 29.8. The number of ether oxygens (including phenoxy) is 4. The molecule has 0 saturated heterocycles. The number of rotatable bonds is 71. The van der Waals surface area contributed by atoms with E-state index in [0.29, 0.717) is 31.6 Å². The molecule has 0 heterocycles. The Bertz CT molecular complexity index is 1770. The lowest BCUT2D eigenvalue weighted by atomic mass is 10.0. The summed E-state index contributed by atoms with van der Waals surface area (Å²) < 4.78 is 68.2. The molecular formula is C72H140O17P2. The van der Waals surface area contributed by atoms with Crippen molar-refractivity contribution in [2.24, 2.45) is 11.8 Å².